The Balaban J connectivity index is 2.37. The van der Waals surface area contributed by atoms with E-state index in [0.717, 1.165) is 4.90 Å². The molecule has 8 heteroatoms. The van der Waals surface area contributed by atoms with Crippen molar-refractivity contribution in [2.24, 2.45) is 0 Å². The number of anilines is 1. The highest BCUT2D eigenvalue weighted by molar-refractivity contribution is 7.98. The molecular weight excluding hydrogens is 330 g/mol. The first-order valence-electron chi connectivity index (χ1n) is 6.27. The van der Waals surface area contributed by atoms with Gasteiger partial charge < -0.3 is 4.57 Å². The van der Waals surface area contributed by atoms with Crippen molar-refractivity contribution >= 4 is 39.1 Å². The maximum absolute atomic E-state index is 12.4. The van der Waals surface area contributed by atoms with Gasteiger partial charge in [-0.3, -0.25) is 4.72 Å². The third kappa shape index (κ3) is 3.53. The molecule has 0 saturated carbocycles. The molecule has 0 saturated heterocycles. The molecule has 2 rings (SSSR count). The first-order chi connectivity index (χ1) is 9.87. The van der Waals surface area contributed by atoms with Crippen LogP contribution in [0.4, 0.5) is 5.69 Å². The Labute approximate surface area is 133 Å². The molecule has 0 unspecified atom stereocenters. The van der Waals surface area contributed by atoms with Crippen LogP contribution < -0.4 is 4.72 Å². The average Bonchev–Trinajstić information content (AvgIpc) is 2.83. The summed E-state index contributed by atoms with van der Waals surface area (Å²) in [5, 5.41) is 0.343. The zero-order valence-corrected chi connectivity index (χ0v) is 14.3. The summed E-state index contributed by atoms with van der Waals surface area (Å²) in [4.78, 5) is 5.01. The van der Waals surface area contributed by atoms with E-state index in [0.29, 0.717) is 23.1 Å². The van der Waals surface area contributed by atoms with Crippen LogP contribution in [0.1, 0.15) is 12.7 Å². The van der Waals surface area contributed by atoms with Gasteiger partial charge in [-0.1, -0.05) is 11.6 Å². The molecule has 0 aliphatic carbocycles. The van der Waals surface area contributed by atoms with Crippen molar-refractivity contribution in [3.63, 3.8) is 0 Å². The van der Waals surface area contributed by atoms with Crippen LogP contribution in [0.3, 0.4) is 0 Å². The molecule has 0 aliphatic rings. The summed E-state index contributed by atoms with van der Waals surface area (Å²) in [5.41, 5.74) is 0.354. The highest BCUT2D eigenvalue weighted by atomic mass is 35.5. The molecule has 1 N–H and O–H groups in total. The second kappa shape index (κ2) is 6.29. The fourth-order valence-electron chi connectivity index (χ4n) is 1.84. The Morgan fingerprint density at radius 1 is 1.43 bits per heavy atom. The van der Waals surface area contributed by atoms with Crippen molar-refractivity contribution in [2.75, 3.05) is 11.0 Å². The van der Waals surface area contributed by atoms with Crippen LogP contribution in [0.2, 0.25) is 5.02 Å². The van der Waals surface area contributed by atoms with Crippen LogP contribution >= 0.6 is 23.4 Å². The Morgan fingerprint density at radius 2 is 2.14 bits per heavy atom. The molecular formula is C13H16ClN3O2S2. The molecule has 0 atom stereocenters. The fourth-order valence-corrected chi connectivity index (χ4v) is 3.58. The molecule has 114 valence electrons. The van der Waals surface area contributed by atoms with Gasteiger partial charge in [-0.05, 0) is 38.3 Å². The molecule has 1 aromatic heterocycles. The summed E-state index contributed by atoms with van der Waals surface area (Å²) in [6.45, 7) is 4.36. The number of aryl methyl sites for hydroxylation is 2. The monoisotopic (exact) mass is 345 g/mol. The van der Waals surface area contributed by atoms with Gasteiger partial charge in [0.1, 0.15) is 5.82 Å². The number of nitrogens with zero attached hydrogens (tertiary/aromatic N) is 2. The summed E-state index contributed by atoms with van der Waals surface area (Å²) < 4.78 is 29.0. The van der Waals surface area contributed by atoms with Crippen LogP contribution in [-0.4, -0.2) is 24.2 Å². The normalized spacial score (nSPS) is 11.6. The van der Waals surface area contributed by atoms with Crippen LogP contribution in [-0.2, 0) is 16.6 Å². The summed E-state index contributed by atoms with van der Waals surface area (Å²) in [6.07, 6.45) is 3.43. The minimum Gasteiger partial charge on any atom is -0.334 e. The van der Waals surface area contributed by atoms with Crippen molar-refractivity contribution in [3.05, 3.63) is 35.2 Å². The predicted molar refractivity (Wildman–Crippen MR) is 86.7 cm³/mol. The van der Waals surface area contributed by atoms with Crippen LogP contribution in [0.5, 0.6) is 0 Å². The first-order valence-corrected chi connectivity index (χ1v) is 9.36. The fraction of sp³-hybridized carbons (Fsp3) is 0.308. The van der Waals surface area contributed by atoms with Crippen molar-refractivity contribution < 1.29 is 8.42 Å². The van der Waals surface area contributed by atoms with Gasteiger partial charge in [0, 0.05) is 17.6 Å². The molecule has 0 spiro atoms. The van der Waals surface area contributed by atoms with E-state index in [1.807, 2.05) is 19.2 Å². The van der Waals surface area contributed by atoms with Gasteiger partial charge in [0.05, 0.1) is 10.7 Å². The third-order valence-corrected chi connectivity index (χ3v) is 5.28. The minimum absolute atomic E-state index is 0.00697. The molecule has 0 fully saturated rings. The molecule has 0 radical (unpaired) electrons. The number of aromatic nitrogens is 2. The first kappa shape index (κ1) is 16.2. The van der Waals surface area contributed by atoms with E-state index < -0.39 is 10.0 Å². The lowest BCUT2D eigenvalue weighted by Gasteiger charge is -2.09. The second-order valence-corrected chi connectivity index (χ2v) is 7.28. The zero-order valence-electron chi connectivity index (χ0n) is 11.9. The van der Waals surface area contributed by atoms with Gasteiger partial charge in [0.25, 0.3) is 10.0 Å². The lowest BCUT2D eigenvalue weighted by Crippen LogP contribution is -2.13. The van der Waals surface area contributed by atoms with Gasteiger partial charge >= 0.3 is 0 Å². The Bertz CT molecular complexity index is 757. The third-order valence-electron chi connectivity index (χ3n) is 2.99. The number of thioether (sulfide) groups is 1. The summed E-state index contributed by atoms with van der Waals surface area (Å²) >= 11 is 7.56. The van der Waals surface area contributed by atoms with Gasteiger partial charge in [-0.2, -0.15) is 8.42 Å². The smallest absolute Gasteiger partial charge is 0.281 e. The van der Waals surface area contributed by atoms with Crippen molar-refractivity contribution in [3.8, 4) is 0 Å². The van der Waals surface area contributed by atoms with E-state index in [2.05, 4.69) is 9.71 Å². The number of sulfonamides is 1. The van der Waals surface area contributed by atoms with Gasteiger partial charge in [0.15, 0.2) is 5.03 Å². The molecule has 0 amide bonds. The number of imidazole rings is 1. The SMILES string of the molecule is CCn1cc(S(=O)(=O)Nc2cc(SC)ccc2Cl)nc1C. The van der Waals surface area contributed by atoms with Gasteiger partial charge in [-0.15, -0.1) is 11.8 Å². The number of halogens is 1. The number of nitrogens with one attached hydrogen (secondary N) is 1. The second-order valence-electron chi connectivity index (χ2n) is 4.36. The van der Waals surface area contributed by atoms with E-state index in [1.165, 1.54) is 18.0 Å². The highest BCUT2D eigenvalue weighted by Crippen LogP contribution is 2.29. The standard InChI is InChI=1S/C13H16ClN3O2S2/c1-4-17-8-13(15-9(17)2)21(18,19)16-12-7-10(20-3)5-6-11(12)14/h5-8,16H,4H2,1-3H3. The maximum Gasteiger partial charge on any atom is 0.281 e. The maximum atomic E-state index is 12.4. The molecule has 2 aromatic rings. The lowest BCUT2D eigenvalue weighted by molar-refractivity contribution is 0.598. The molecule has 1 heterocycles. The topological polar surface area (TPSA) is 64.0 Å². The van der Waals surface area contributed by atoms with Crippen molar-refractivity contribution in [1.29, 1.82) is 0 Å². The zero-order chi connectivity index (χ0) is 15.6. The van der Waals surface area contributed by atoms with E-state index in [1.54, 1.807) is 23.6 Å². The van der Waals surface area contributed by atoms with Crippen LogP contribution in [0, 0.1) is 6.92 Å². The summed E-state index contributed by atoms with van der Waals surface area (Å²) in [5.74, 6) is 0.654. The van der Waals surface area contributed by atoms with E-state index in [9.17, 15) is 8.42 Å². The van der Waals surface area contributed by atoms with Crippen molar-refractivity contribution in [2.45, 2.75) is 30.3 Å². The molecule has 21 heavy (non-hydrogen) atoms. The quantitative estimate of drug-likeness (QED) is 0.844. The lowest BCUT2D eigenvalue weighted by atomic mass is 10.3. The number of hydrogen-bond donors (Lipinski definition) is 1. The Hall–Kier alpha value is -1.18. The van der Waals surface area contributed by atoms with E-state index in [-0.39, 0.29) is 5.03 Å². The van der Waals surface area contributed by atoms with Crippen LogP contribution in [0.15, 0.2) is 34.3 Å². The molecule has 0 bridgehead atoms. The minimum atomic E-state index is -3.75. The van der Waals surface area contributed by atoms with E-state index >= 15 is 0 Å². The molecule has 1 aromatic carbocycles. The predicted octanol–water partition coefficient (Wildman–Crippen LogP) is 3.39. The number of hydrogen-bond acceptors (Lipinski definition) is 4. The summed E-state index contributed by atoms with van der Waals surface area (Å²) in [6, 6.07) is 5.20. The highest BCUT2D eigenvalue weighted by Gasteiger charge is 2.20. The van der Waals surface area contributed by atoms with Crippen LogP contribution in [0.25, 0.3) is 0 Å². The number of benzene rings is 1. The Kier molecular flexibility index (Phi) is 4.85. The molecule has 0 aliphatic heterocycles. The average molecular weight is 346 g/mol. The van der Waals surface area contributed by atoms with Crippen molar-refractivity contribution in [1.82, 2.24) is 9.55 Å². The largest absolute Gasteiger partial charge is 0.334 e. The van der Waals surface area contributed by atoms with Gasteiger partial charge in [-0.25, -0.2) is 4.98 Å². The van der Waals surface area contributed by atoms with Gasteiger partial charge in [0.2, 0.25) is 0 Å². The summed E-state index contributed by atoms with van der Waals surface area (Å²) in [7, 11) is -3.75. The number of rotatable bonds is 5. The Morgan fingerprint density at radius 3 is 2.71 bits per heavy atom. The van der Waals surface area contributed by atoms with E-state index in [4.69, 9.17) is 11.6 Å². The molecule has 5 nitrogen and oxygen atoms in total.